The minimum Gasteiger partial charge on any atom is -0.489 e. The van der Waals surface area contributed by atoms with Crippen LogP contribution in [0, 0.1) is 28.1 Å². The summed E-state index contributed by atoms with van der Waals surface area (Å²) in [6, 6.07) is 30.2. The van der Waals surface area contributed by atoms with E-state index in [0.29, 0.717) is 17.0 Å². The van der Waals surface area contributed by atoms with Crippen molar-refractivity contribution >= 4 is 17.4 Å². The van der Waals surface area contributed by atoms with Crippen molar-refractivity contribution in [3.05, 3.63) is 113 Å². The lowest BCUT2D eigenvalue weighted by Gasteiger charge is -2.49. The highest BCUT2D eigenvalue weighted by molar-refractivity contribution is 6.17. The summed E-state index contributed by atoms with van der Waals surface area (Å²) in [5, 5.41) is 24.3. The Labute approximate surface area is 208 Å². The first-order valence-corrected chi connectivity index (χ1v) is 11.8. The number of anilines is 1. The summed E-state index contributed by atoms with van der Waals surface area (Å²) >= 11 is 0. The number of Topliss-reactive ketones (excluding diaryl/α,β-unsaturated/α-hetero) is 1. The summed E-state index contributed by atoms with van der Waals surface area (Å²) in [6.45, 7) is 0. The van der Waals surface area contributed by atoms with Crippen molar-refractivity contribution in [2.45, 2.75) is 30.3 Å². The van der Waals surface area contributed by atoms with Gasteiger partial charge in [0.2, 0.25) is 5.91 Å². The summed E-state index contributed by atoms with van der Waals surface area (Å²) in [7, 11) is 0. The van der Waals surface area contributed by atoms with Gasteiger partial charge in [-0.05, 0) is 22.8 Å². The fourth-order valence-electron chi connectivity index (χ4n) is 6.22. The van der Waals surface area contributed by atoms with Crippen LogP contribution in [0.3, 0.4) is 0 Å². The Bertz CT molecular complexity index is 1500. The topological polar surface area (TPSA) is 103 Å². The van der Waals surface area contributed by atoms with Gasteiger partial charge in [0.15, 0.2) is 11.2 Å². The molecule has 174 valence electrons. The summed E-state index contributed by atoms with van der Waals surface area (Å²) < 4.78 is 6.49. The summed E-state index contributed by atoms with van der Waals surface area (Å²) in [5.41, 5.74) is -1.01. The van der Waals surface area contributed by atoms with Gasteiger partial charge in [0, 0.05) is 18.0 Å². The maximum absolute atomic E-state index is 14.0. The van der Waals surface area contributed by atoms with E-state index in [1.54, 1.807) is 24.3 Å². The first kappa shape index (κ1) is 21.8. The SMILES string of the molecule is N#CC1(C#N)[C@@H](c2ccccc2)CC2=C(C(=O)C[C@@H](c3ccccc3)O2)C12C(=O)Nc1ccccc12. The van der Waals surface area contributed by atoms with E-state index in [-0.39, 0.29) is 24.2 Å². The molecule has 3 aromatic rings. The van der Waals surface area contributed by atoms with Crippen LogP contribution < -0.4 is 5.32 Å². The van der Waals surface area contributed by atoms with E-state index < -0.39 is 28.8 Å². The van der Waals surface area contributed by atoms with Gasteiger partial charge in [0.25, 0.3) is 0 Å². The lowest BCUT2D eigenvalue weighted by molar-refractivity contribution is -0.129. The molecule has 36 heavy (non-hydrogen) atoms. The molecule has 1 N–H and O–H groups in total. The highest BCUT2D eigenvalue weighted by atomic mass is 16.5. The number of rotatable bonds is 2. The molecular formula is C30H21N3O3. The predicted octanol–water partition coefficient (Wildman–Crippen LogP) is 5.08. The molecule has 0 fully saturated rings. The van der Waals surface area contributed by atoms with Crippen molar-refractivity contribution in [1.82, 2.24) is 0 Å². The monoisotopic (exact) mass is 471 g/mol. The quantitative estimate of drug-likeness (QED) is 0.561. The number of hydrogen-bond donors (Lipinski definition) is 1. The third-order valence-electron chi connectivity index (χ3n) is 7.74. The number of ether oxygens (including phenoxy) is 1. The highest BCUT2D eigenvalue weighted by Gasteiger charge is 2.72. The summed E-state index contributed by atoms with van der Waals surface area (Å²) in [6.07, 6.45) is -0.335. The minimum absolute atomic E-state index is 0.0168. The first-order valence-electron chi connectivity index (χ1n) is 11.8. The molecule has 0 saturated heterocycles. The van der Waals surface area contributed by atoms with E-state index in [4.69, 9.17) is 4.74 Å². The molecule has 0 radical (unpaired) electrons. The van der Waals surface area contributed by atoms with Gasteiger partial charge in [0.1, 0.15) is 17.3 Å². The van der Waals surface area contributed by atoms with Gasteiger partial charge < -0.3 is 10.1 Å². The van der Waals surface area contributed by atoms with Crippen LogP contribution in [0.4, 0.5) is 5.69 Å². The fraction of sp³-hybridized carbons (Fsp3) is 0.200. The molecule has 2 heterocycles. The molecular weight excluding hydrogens is 450 g/mol. The van der Waals surface area contributed by atoms with Gasteiger partial charge in [-0.3, -0.25) is 9.59 Å². The van der Waals surface area contributed by atoms with Gasteiger partial charge in [-0.15, -0.1) is 0 Å². The molecule has 2 aliphatic heterocycles. The molecule has 3 aromatic carbocycles. The fourth-order valence-corrected chi connectivity index (χ4v) is 6.22. The summed E-state index contributed by atoms with van der Waals surface area (Å²) in [5.74, 6) is -1.15. The average molecular weight is 472 g/mol. The smallest absolute Gasteiger partial charge is 0.242 e. The van der Waals surface area contributed by atoms with Crippen molar-refractivity contribution < 1.29 is 14.3 Å². The Balaban J connectivity index is 1.67. The molecule has 6 rings (SSSR count). The average Bonchev–Trinajstić information content (AvgIpc) is 3.22. The normalized spacial score (nSPS) is 25.7. The van der Waals surface area contributed by atoms with Crippen LogP contribution in [0.25, 0.3) is 0 Å². The number of carbonyl (C=O) groups excluding carboxylic acids is 2. The number of amides is 1. The van der Waals surface area contributed by atoms with E-state index in [1.165, 1.54) is 0 Å². The van der Waals surface area contributed by atoms with Crippen molar-refractivity contribution in [3.8, 4) is 12.1 Å². The second kappa shape index (κ2) is 7.93. The molecule has 1 aliphatic carbocycles. The second-order valence-corrected chi connectivity index (χ2v) is 9.39. The van der Waals surface area contributed by atoms with Crippen molar-refractivity contribution in [2.24, 2.45) is 5.41 Å². The van der Waals surface area contributed by atoms with Crippen LogP contribution in [-0.4, -0.2) is 11.7 Å². The maximum Gasteiger partial charge on any atom is 0.242 e. The number of carbonyl (C=O) groups is 2. The van der Waals surface area contributed by atoms with Crippen molar-refractivity contribution in [1.29, 1.82) is 10.5 Å². The zero-order valence-electron chi connectivity index (χ0n) is 19.3. The third kappa shape index (κ3) is 2.70. The molecule has 1 amide bonds. The van der Waals surface area contributed by atoms with Gasteiger partial charge in [0.05, 0.1) is 24.1 Å². The minimum atomic E-state index is -1.87. The van der Waals surface area contributed by atoms with Crippen LogP contribution >= 0.6 is 0 Å². The molecule has 0 bridgehead atoms. The molecule has 6 nitrogen and oxygen atoms in total. The van der Waals surface area contributed by atoms with Crippen molar-refractivity contribution in [2.75, 3.05) is 5.32 Å². The lowest BCUT2D eigenvalue weighted by atomic mass is 9.47. The van der Waals surface area contributed by atoms with Gasteiger partial charge in [-0.25, -0.2) is 0 Å². The standard InChI is InChI=1S/C30H21N3O3/c31-17-29(18-32)22(19-9-3-1-4-10-19)15-26-27(24(34)16-25(36-26)20-11-5-2-6-12-20)30(29)21-13-7-8-14-23(21)33-28(30)35/h1-14,22,25H,15-16H2,(H,33,35)/t22-,25+,30?/m1/s1. The molecule has 0 saturated carbocycles. The Morgan fingerprint density at radius 1 is 0.806 bits per heavy atom. The largest absolute Gasteiger partial charge is 0.489 e. The Hall–Kier alpha value is -4.68. The molecule has 0 aromatic heterocycles. The maximum atomic E-state index is 14.0. The zero-order chi connectivity index (χ0) is 24.9. The van der Waals surface area contributed by atoms with Crippen molar-refractivity contribution in [3.63, 3.8) is 0 Å². The van der Waals surface area contributed by atoms with E-state index in [9.17, 15) is 20.1 Å². The molecule has 3 aliphatic rings. The van der Waals surface area contributed by atoms with Crippen LogP contribution in [0.2, 0.25) is 0 Å². The Morgan fingerprint density at radius 2 is 1.42 bits per heavy atom. The van der Waals surface area contributed by atoms with Gasteiger partial charge >= 0.3 is 0 Å². The van der Waals surface area contributed by atoms with Crippen LogP contribution in [0.5, 0.6) is 0 Å². The van der Waals surface area contributed by atoms with Crippen LogP contribution in [0.1, 0.15) is 41.6 Å². The molecule has 1 unspecified atom stereocenters. The Kier molecular flexibility index (Phi) is 4.81. The van der Waals surface area contributed by atoms with Crippen LogP contribution in [0.15, 0.2) is 96.3 Å². The number of para-hydroxylation sites is 1. The number of nitriles is 2. The number of ketones is 1. The van der Waals surface area contributed by atoms with E-state index in [0.717, 1.165) is 11.1 Å². The molecule has 6 heteroatoms. The molecule has 1 spiro atoms. The number of nitrogens with zero attached hydrogens (tertiary/aromatic N) is 2. The highest BCUT2D eigenvalue weighted by Crippen LogP contribution is 2.65. The number of allylic oxidation sites excluding steroid dienone is 1. The third-order valence-corrected chi connectivity index (χ3v) is 7.74. The van der Waals surface area contributed by atoms with Gasteiger partial charge in [-0.1, -0.05) is 78.9 Å². The lowest BCUT2D eigenvalue weighted by Crippen LogP contribution is -2.58. The zero-order valence-corrected chi connectivity index (χ0v) is 19.3. The number of nitrogens with one attached hydrogen (secondary N) is 1. The van der Waals surface area contributed by atoms with E-state index in [2.05, 4.69) is 17.5 Å². The second-order valence-electron chi connectivity index (χ2n) is 9.39. The van der Waals surface area contributed by atoms with E-state index >= 15 is 0 Å². The summed E-state index contributed by atoms with van der Waals surface area (Å²) in [4.78, 5) is 28.0. The number of benzene rings is 3. The first-order chi connectivity index (χ1) is 17.6. The number of fused-ring (bicyclic) bond motifs is 3. The van der Waals surface area contributed by atoms with E-state index in [1.807, 2.05) is 60.7 Å². The predicted molar refractivity (Wildman–Crippen MR) is 131 cm³/mol. The van der Waals surface area contributed by atoms with Gasteiger partial charge in [-0.2, -0.15) is 10.5 Å². The molecule has 3 atom stereocenters. The number of hydrogen-bond acceptors (Lipinski definition) is 5. The van der Waals surface area contributed by atoms with Crippen LogP contribution in [-0.2, 0) is 19.7 Å². The Morgan fingerprint density at radius 3 is 2.08 bits per heavy atom.